The highest BCUT2D eigenvalue weighted by atomic mass is 79.9. The highest BCUT2D eigenvalue weighted by Gasteiger charge is 2.15. The Morgan fingerprint density at radius 3 is 2.59 bits per heavy atom. The van der Waals surface area contributed by atoms with Crippen LogP contribution in [-0.2, 0) is 6.42 Å². The van der Waals surface area contributed by atoms with Gasteiger partial charge in [0.05, 0.1) is 6.04 Å². The molecule has 0 spiro atoms. The van der Waals surface area contributed by atoms with E-state index in [4.69, 9.17) is 0 Å². The number of carbonyl (C=O) groups excluding carboxylic acids is 1. The molecule has 116 valence electrons. The number of amides is 2. The summed E-state index contributed by atoms with van der Waals surface area (Å²) < 4.78 is 13.1. The van der Waals surface area contributed by atoms with Gasteiger partial charge >= 0.3 is 6.03 Å². The lowest BCUT2D eigenvalue weighted by Crippen LogP contribution is -2.39. The largest absolute Gasteiger partial charge is 0.336 e. The zero-order chi connectivity index (χ0) is 15.8. The summed E-state index contributed by atoms with van der Waals surface area (Å²) in [6, 6.07) is 17.2. The summed E-state index contributed by atoms with van der Waals surface area (Å²) in [6.07, 6.45) is 0.667. The predicted octanol–water partition coefficient (Wildman–Crippen LogP) is 4.00. The second kappa shape index (κ2) is 8.54. The number of hydrogen-bond acceptors (Lipinski definition) is 1. The first-order chi connectivity index (χ1) is 10.7. The van der Waals surface area contributed by atoms with Gasteiger partial charge < -0.3 is 10.6 Å². The van der Waals surface area contributed by atoms with Crippen LogP contribution in [0.1, 0.15) is 17.2 Å². The third-order valence-corrected chi connectivity index (χ3v) is 3.71. The lowest BCUT2D eigenvalue weighted by atomic mass is 9.99. The SMILES string of the molecule is O=C(NCCF)NC(Cc1ccccc1)c1cccc(Br)c1. The highest BCUT2D eigenvalue weighted by Crippen LogP contribution is 2.21. The number of halogens is 2. The molecule has 2 N–H and O–H groups in total. The maximum atomic E-state index is 12.2. The Hall–Kier alpha value is -1.88. The number of alkyl halides is 1. The molecule has 0 aliphatic heterocycles. The van der Waals surface area contributed by atoms with E-state index in [2.05, 4.69) is 26.6 Å². The van der Waals surface area contributed by atoms with Gasteiger partial charge in [0.1, 0.15) is 6.67 Å². The molecule has 0 aromatic heterocycles. The maximum absolute atomic E-state index is 12.2. The maximum Gasteiger partial charge on any atom is 0.315 e. The molecule has 0 aliphatic carbocycles. The first kappa shape index (κ1) is 16.5. The molecule has 0 radical (unpaired) electrons. The minimum atomic E-state index is -0.576. The topological polar surface area (TPSA) is 41.1 Å². The number of urea groups is 1. The molecular formula is C17H18BrFN2O. The van der Waals surface area contributed by atoms with Gasteiger partial charge in [-0.2, -0.15) is 0 Å². The molecule has 0 bridgehead atoms. The molecule has 0 aliphatic rings. The molecular weight excluding hydrogens is 347 g/mol. The Bertz CT molecular complexity index is 607. The molecule has 3 nitrogen and oxygen atoms in total. The second-order valence-electron chi connectivity index (χ2n) is 4.89. The molecule has 0 saturated carbocycles. The van der Waals surface area contributed by atoms with E-state index in [1.807, 2.05) is 54.6 Å². The fraction of sp³-hybridized carbons (Fsp3) is 0.235. The van der Waals surface area contributed by atoms with Gasteiger partial charge in [-0.25, -0.2) is 9.18 Å². The van der Waals surface area contributed by atoms with Crippen LogP contribution in [0.25, 0.3) is 0 Å². The number of benzene rings is 2. The Labute approximate surface area is 138 Å². The third-order valence-electron chi connectivity index (χ3n) is 3.22. The number of nitrogens with one attached hydrogen (secondary N) is 2. The van der Waals surface area contributed by atoms with Crippen molar-refractivity contribution in [1.82, 2.24) is 10.6 Å². The van der Waals surface area contributed by atoms with Crippen LogP contribution in [-0.4, -0.2) is 19.3 Å². The monoisotopic (exact) mass is 364 g/mol. The third kappa shape index (κ3) is 5.15. The molecule has 0 fully saturated rings. The van der Waals surface area contributed by atoms with Crippen LogP contribution >= 0.6 is 15.9 Å². The van der Waals surface area contributed by atoms with Crippen molar-refractivity contribution in [3.05, 3.63) is 70.2 Å². The van der Waals surface area contributed by atoms with Gasteiger partial charge in [0.25, 0.3) is 0 Å². The fourth-order valence-electron chi connectivity index (χ4n) is 2.20. The standard InChI is InChI=1S/C17H18BrFN2O/c18-15-8-4-7-14(12-15)16(21-17(22)20-10-9-19)11-13-5-2-1-3-6-13/h1-8,12,16H,9-11H2,(H2,20,21,22). The van der Waals surface area contributed by atoms with Crippen molar-refractivity contribution >= 4 is 22.0 Å². The summed E-state index contributed by atoms with van der Waals surface area (Å²) in [5.41, 5.74) is 2.12. The van der Waals surface area contributed by atoms with Gasteiger partial charge in [-0.1, -0.05) is 58.4 Å². The van der Waals surface area contributed by atoms with E-state index in [0.29, 0.717) is 6.42 Å². The number of rotatable bonds is 6. The van der Waals surface area contributed by atoms with E-state index >= 15 is 0 Å². The average Bonchev–Trinajstić information content (AvgIpc) is 2.53. The van der Waals surface area contributed by atoms with Crippen LogP contribution in [0.2, 0.25) is 0 Å². The number of carbonyl (C=O) groups is 1. The van der Waals surface area contributed by atoms with Crippen molar-refractivity contribution in [2.24, 2.45) is 0 Å². The van der Waals surface area contributed by atoms with Crippen molar-refractivity contribution in [3.8, 4) is 0 Å². The quantitative estimate of drug-likeness (QED) is 0.798. The van der Waals surface area contributed by atoms with E-state index in [1.165, 1.54) is 0 Å². The Kier molecular flexibility index (Phi) is 6.40. The molecule has 5 heteroatoms. The molecule has 2 rings (SSSR count). The molecule has 0 heterocycles. The predicted molar refractivity (Wildman–Crippen MR) is 89.5 cm³/mol. The molecule has 2 aromatic carbocycles. The van der Waals surface area contributed by atoms with E-state index in [1.54, 1.807) is 0 Å². The van der Waals surface area contributed by atoms with Gasteiger partial charge in [-0.15, -0.1) is 0 Å². The smallest absolute Gasteiger partial charge is 0.315 e. The summed E-state index contributed by atoms with van der Waals surface area (Å²) in [5, 5.41) is 5.40. The van der Waals surface area contributed by atoms with E-state index in [9.17, 15) is 9.18 Å². The lowest BCUT2D eigenvalue weighted by molar-refractivity contribution is 0.236. The lowest BCUT2D eigenvalue weighted by Gasteiger charge is -2.20. The minimum absolute atomic E-state index is 0.0162. The summed E-state index contributed by atoms with van der Waals surface area (Å²) in [4.78, 5) is 11.9. The first-order valence-electron chi connectivity index (χ1n) is 7.09. The average molecular weight is 365 g/mol. The van der Waals surface area contributed by atoms with Gasteiger partial charge in [0.15, 0.2) is 0 Å². The van der Waals surface area contributed by atoms with Crippen LogP contribution in [0.15, 0.2) is 59.1 Å². The van der Waals surface area contributed by atoms with Crippen LogP contribution < -0.4 is 10.6 Å². The van der Waals surface area contributed by atoms with Gasteiger partial charge in [-0.05, 0) is 29.7 Å². The van der Waals surface area contributed by atoms with Crippen molar-refractivity contribution in [1.29, 1.82) is 0 Å². The van der Waals surface area contributed by atoms with Crippen molar-refractivity contribution in [3.63, 3.8) is 0 Å². The Balaban J connectivity index is 2.15. The van der Waals surface area contributed by atoms with Crippen LogP contribution in [0.3, 0.4) is 0 Å². The molecule has 22 heavy (non-hydrogen) atoms. The van der Waals surface area contributed by atoms with Crippen molar-refractivity contribution in [2.75, 3.05) is 13.2 Å². The zero-order valence-corrected chi connectivity index (χ0v) is 13.6. The Morgan fingerprint density at radius 1 is 1.14 bits per heavy atom. The molecule has 1 atom stereocenters. The van der Waals surface area contributed by atoms with Gasteiger partial charge in [0, 0.05) is 11.0 Å². The van der Waals surface area contributed by atoms with Crippen molar-refractivity contribution < 1.29 is 9.18 Å². The summed E-state index contributed by atoms with van der Waals surface area (Å²) in [5.74, 6) is 0. The van der Waals surface area contributed by atoms with E-state index in [-0.39, 0.29) is 18.6 Å². The van der Waals surface area contributed by atoms with E-state index < -0.39 is 6.67 Å². The molecule has 2 aromatic rings. The highest BCUT2D eigenvalue weighted by molar-refractivity contribution is 9.10. The summed E-state index contributed by atoms with van der Waals surface area (Å²) in [7, 11) is 0. The number of hydrogen-bond donors (Lipinski definition) is 2. The zero-order valence-electron chi connectivity index (χ0n) is 12.1. The normalized spacial score (nSPS) is 11.7. The van der Waals surface area contributed by atoms with Gasteiger partial charge in [-0.3, -0.25) is 0 Å². The summed E-state index contributed by atoms with van der Waals surface area (Å²) in [6.45, 7) is -0.559. The van der Waals surface area contributed by atoms with Crippen LogP contribution in [0.4, 0.5) is 9.18 Å². The fourth-order valence-corrected chi connectivity index (χ4v) is 2.61. The van der Waals surface area contributed by atoms with E-state index in [0.717, 1.165) is 15.6 Å². The molecule has 0 saturated heterocycles. The van der Waals surface area contributed by atoms with Crippen LogP contribution in [0, 0.1) is 0 Å². The van der Waals surface area contributed by atoms with Gasteiger partial charge in [0.2, 0.25) is 0 Å². The second-order valence-corrected chi connectivity index (χ2v) is 5.80. The summed E-state index contributed by atoms with van der Waals surface area (Å²) >= 11 is 3.45. The molecule has 2 amide bonds. The van der Waals surface area contributed by atoms with Crippen LogP contribution in [0.5, 0.6) is 0 Å². The first-order valence-corrected chi connectivity index (χ1v) is 7.88. The minimum Gasteiger partial charge on any atom is -0.336 e. The van der Waals surface area contributed by atoms with Crippen molar-refractivity contribution in [2.45, 2.75) is 12.5 Å². The molecule has 1 unspecified atom stereocenters. The Morgan fingerprint density at radius 2 is 1.91 bits per heavy atom.